The summed E-state index contributed by atoms with van der Waals surface area (Å²) in [7, 11) is 1.57. The molecule has 0 saturated carbocycles. The van der Waals surface area contributed by atoms with Gasteiger partial charge in [-0.2, -0.15) is 5.10 Å². The second-order valence-electron chi connectivity index (χ2n) is 4.18. The first-order valence-corrected chi connectivity index (χ1v) is 5.82. The number of benzene rings is 1. The summed E-state index contributed by atoms with van der Waals surface area (Å²) in [4.78, 5) is 11.5. The van der Waals surface area contributed by atoms with Crippen LogP contribution in [0.2, 0.25) is 0 Å². The standard InChI is InChI=1S/C14H12N2O3/c1-8(17)13-7-10-9(11-5-6-15-16-11)3-4-12(18-2)14(10)19-13/h3-7H,1-2H3,(H,15,16). The first-order valence-electron chi connectivity index (χ1n) is 5.82. The highest BCUT2D eigenvalue weighted by Gasteiger charge is 2.16. The fraction of sp³-hybridized carbons (Fsp3) is 0.143. The average molecular weight is 256 g/mol. The highest BCUT2D eigenvalue weighted by molar-refractivity contribution is 6.02. The number of H-pyrrole nitrogens is 1. The van der Waals surface area contributed by atoms with Crippen LogP contribution in [0.5, 0.6) is 5.75 Å². The minimum absolute atomic E-state index is 0.119. The monoisotopic (exact) mass is 256 g/mol. The first kappa shape index (κ1) is 11.5. The zero-order valence-electron chi connectivity index (χ0n) is 10.6. The number of carbonyl (C=O) groups is 1. The molecule has 0 fully saturated rings. The Morgan fingerprint density at radius 3 is 2.84 bits per heavy atom. The molecule has 1 aromatic carbocycles. The van der Waals surface area contributed by atoms with Crippen LogP contribution >= 0.6 is 0 Å². The smallest absolute Gasteiger partial charge is 0.194 e. The summed E-state index contributed by atoms with van der Waals surface area (Å²) >= 11 is 0. The van der Waals surface area contributed by atoms with Gasteiger partial charge in [-0.1, -0.05) is 0 Å². The molecule has 0 aliphatic carbocycles. The molecule has 0 unspecified atom stereocenters. The van der Waals surface area contributed by atoms with Crippen LogP contribution < -0.4 is 4.74 Å². The Labute approximate surface area is 109 Å². The van der Waals surface area contributed by atoms with Crippen LogP contribution in [-0.4, -0.2) is 23.1 Å². The van der Waals surface area contributed by atoms with Crippen molar-refractivity contribution in [1.82, 2.24) is 10.2 Å². The third kappa shape index (κ3) is 1.79. The highest BCUT2D eigenvalue weighted by Crippen LogP contribution is 2.35. The van der Waals surface area contributed by atoms with Gasteiger partial charge in [0, 0.05) is 24.1 Å². The van der Waals surface area contributed by atoms with E-state index < -0.39 is 0 Å². The first-order chi connectivity index (χ1) is 9.20. The quantitative estimate of drug-likeness (QED) is 0.731. The van der Waals surface area contributed by atoms with Gasteiger partial charge in [0.2, 0.25) is 0 Å². The molecule has 0 spiro atoms. The van der Waals surface area contributed by atoms with Crippen molar-refractivity contribution in [3.8, 4) is 17.0 Å². The third-order valence-corrected chi connectivity index (χ3v) is 2.99. The van der Waals surface area contributed by atoms with Gasteiger partial charge >= 0.3 is 0 Å². The highest BCUT2D eigenvalue weighted by atomic mass is 16.5. The van der Waals surface area contributed by atoms with Crippen molar-refractivity contribution in [2.45, 2.75) is 6.92 Å². The molecule has 3 aromatic rings. The topological polar surface area (TPSA) is 68.1 Å². The Morgan fingerprint density at radius 2 is 2.21 bits per heavy atom. The van der Waals surface area contributed by atoms with Gasteiger partial charge in [-0.3, -0.25) is 9.89 Å². The SMILES string of the molecule is COc1ccc(-c2cc[nH]n2)c2cc(C(C)=O)oc12. The van der Waals surface area contributed by atoms with Crippen molar-refractivity contribution in [3.05, 3.63) is 36.2 Å². The molecule has 19 heavy (non-hydrogen) atoms. The molecule has 96 valence electrons. The number of ether oxygens (including phenoxy) is 1. The Bertz CT molecular complexity index is 741. The maximum atomic E-state index is 11.5. The number of fused-ring (bicyclic) bond motifs is 1. The summed E-state index contributed by atoms with van der Waals surface area (Å²) in [6, 6.07) is 7.29. The molecule has 0 aliphatic heterocycles. The maximum Gasteiger partial charge on any atom is 0.194 e. The van der Waals surface area contributed by atoms with E-state index in [4.69, 9.17) is 9.15 Å². The normalized spacial score (nSPS) is 10.8. The molecule has 5 heteroatoms. The molecule has 0 saturated heterocycles. The number of Topliss-reactive ketones (excluding diaryl/α,β-unsaturated/α-hetero) is 1. The van der Waals surface area contributed by atoms with Gasteiger partial charge < -0.3 is 9.15 Å². The Hall–Kier alpha value is -2.56. The number of methoxy groups -OCH3 is 1. The van der Waals surface area contributed by atoms with E-state index in [1.807, 2.05) is 12.1 Å². The van der Waals surface area contributed by atoms with E-state index >= 15 is 0 Å². The number of ketones is 1. The lowest BCUT2D eigenvalue weighted by atomic mass is 10.1. The van der Waals surface area contributed by atoms with Crippen LogP contribution in [-0.2, 0) is 0 Å². The van der Waals surface area contributed by atoms with Gasteiger partial charge in [-0.25, -0.2) is 0 Å². The van der Waals surface area contributed by atoms with Gasteiger partial charge in [-0.05, 0) is 24.3 Å². The molecule has 0 radical (unpaired) electrons. The van der Waals surface area contributed by atoms with Crippen LogP contribution in [0.15, 0.2) is 34.9 Å². The van der Waals surface area contributed by atoms with Crippen LogP contribution in [0.25, 0.3) is 22.2 Å². The zero-order valence-corrected chi connectivity index (χ0v) is 10.6. The summed E-state index contributed by atoms with van der Waals surface area (Å²) in [5, 5.41) is 7.74. The van der Waals surface area contributed by atoms with Crippen molar-refractivity contribution in [3.63, 3.8) is 0 Å². The van der Waals surface area contributed by atoms with E-state index in [0.717, 1.165) is 16.6 Å². The fourth-order valence-corrected chi connectivity index (χ4v) is 2.07. The molecular weight excluding hydrogens is 244 g/mol. The predicted molar refractivity (Wildman–Crippen MR) is 70.4 cm³/mol. The lowest BCUT2D eigenvalue weighted by molar-refractivity contribution is 0.0989. The van der Waals surface area contributed by atoms with Crippen molar-refractivity contribution in [2.75, 3.05) is 7.11 Å². The number of furan rings is 1. The number of hydrogen-bond acceptors (Lipinski definition) is 4. The number of aromatic amines is 1. The molecule has 2 aromatic heterocycles. The Kier molecular flexibility index (Phi) is 2.59. The Morgan fingerprint density at radius 1 is 1.37 bits per heavy atom. The fourth-order valence-electron chi connectivity index (χ4n) is 2.07. The molecular formula is C14H12N2O3. The Balaban J connectivity index is 2.33. The molecule has 5 nitrogen and oxygen atoms in total. The molecule has 1 N–H and O–H groups in total. The third-order valence-electron chi connectivity index (χ3n) is 2.99. The van der Waals surface area contributed by atoms with Crippen molar-refractivity contribution < 1.29 is 13.9 Å². The van der Waals surface area contributed by atoms with E-state index in [-0.39, 0.29) is 5.78 Å². The molecule has 0 atom stereocenters. The van der Waals surface area contributed by atoms with Crippen LogP contribution in [0.4, 0.5) is 0 Å². The number of nitrogens with zero attached hydrogens (tertiary/aromatic N) is 1. The van der Waals surface area contributed by atoms with E-state index in [0.29, 0.717) is 17.1 Å². The summed E-state index contributed by atoms with van der Waals surface area (Å²) in [5.41, 5.74) is 2.25. The number of aromatic nitrogens is 2. The van der Waals surface area contributed by atoms with Crippen molar-refractivity contribution >= 4 is 16.8 Å². The molecule has 3 rings (SSSR count). The average Bonchev–Trinajstić information content (AvgIpc) is 3.06. The summed E-state index contributed by atoms with van der Waals surface area (Å²) < 4.78 is 10.8. The maximum absolute atomic E-state index is 11.5. The largest absolute Gasteiger partial charge is 0.493 e. The van der Waals surface area contributed by atoms with Crippen LogP contribution in [0, 0.1) is 0 Å². The minimum Gasteiger partial charge on any atom is -0.493 e. The lowest BCUT2D eigenvalue weighted by Crippen LogP contribution is -1.85. The van der Waals surface area contributed by atoms with E-state index in [9.17, 15) is 4.79 Å². The minimum atomic E-state index is -0.119. The van der Waals surface area contributed by atoms with Gasteiger partial charge in [0.05, 0.1) is 12.8 Å². The summed E-state index contributed by atoms with van der Waals surface area (Å²) in [6.45, 7) is 1.47. The van der Waals surface area contributed by atoms with Gasteiger partial charge in [0.25, 0.3) is 0 Å². The lowest BCUT2D eigenvalue weighted by Gasteiger charge is -2.03. The summed E-state index contributed by atoms with van der Waals surface area (Å²) in [6.07, 6.45) is 1.75. The van der Waals surface area contributed by atoms with Gasteiger partial charge in [0.1, 0.15) is 0 Å². The molecule has 2 heterocycles. The van der Waals surface area contributed by atoms with Crippen LogP contribution in [0.3, 0.4) is 0 Å². The van der Waals surface area contributed by atoms with E-state index in [2.05, 4.69) is 10.2 Å². The summed E-state index contributed by atoms with van der Waals surface area (Å²) in [5.74, 6) is 0.796. The second kappa shape index (κ2) is 4.28. The van der Waals surface area contributed by atoms with Crippen molar-refractivity contribution in [1.29, 1.82) is 0 Å². The van der Waals surface area contributed by atoms with E-state index in [1.54, 1.807) is 25.4 Å². The van der Waals surface area contributed by atoms with Crippen molar-refractivity contribution in [2.24, 2.45) is 0 Å². The predicted octanol–water partition coefficient (Wildman–Crippen LogP) is 3.03. The number of hydrogen-bond donors (Lipinski definition) is 1. The molecule has 0 bridgehead atoms. The van der Waals surface area contributed by atoms with E-state index in [1.165, 1.54) is 6.92 Å². The number of nitrogens with one attached hydrogen (secondary N) is 1. The van der Waals surface area contributed by atoms with Gasteiger partial charge in [-0.15, -0.1) is 0 Å². The van der Waals surface area contributed by atoms with Gasteiger partial charge in [0.15, 0.2) is 22.9 Å². The van der Waals surface area contributed by atoms with Crippen LogP contribution in [0.1, 0.15) is 17.5 Å². The number of carbonyl (C=O) groups excluding carboxylic acids is 1. The number of rotatable bonds is 3. The molecule has 0 aliphatic rings. The molecule has 0 amide bonds. The second-order valence-corrected chi connectivity index (χ2v) is 4.18. The zero-order chi connectivity index (χ0) is 13.4.